The lowest BCUT2D eigenvalue weighted by Gasteiger charge is -2.03. The SMILES string of the molecule is CCC1C(=O)Nc2cc3nc(N)[nH]c3cc21. The maximum Gasteiger partial charge on any atom is 0.231 e. The molecule has 0 saturated heterocycles. The van der Waals surface area contributed by atoms with Gasteiger partial charge in [0.25, 0.3) is 0 Å². The molecule has 16 heavy (non-hydrogen) atoms. The van der Waals surface area contributed by atoms with E-state index in [-0.39, 0.29) is 11.8 Å². The van der Waals surface area contributed by atoms with Crippen molar-refractivity contribution in [2.75, 3.05) is 11.1 Å². The van der Waals surface area contributed by atoms with Crippen LogP contribution in [0.3, 0.4) is 0 Å². The number of nitrogens with two attached hydrogens (primary N) is 1. The van der Waals surface area contributed by atoms with Gasteiger partial charge in [-0.1, -0.05) is 6.92 Å². The van der Waals surface area contributed by atoms with Crippen molar-refractivity contribution >= 4 is 28.6 Å². The summed E-state index contributed by atoms with van der Waals surface area (Å²) >= 11 is 0. The number of nitrogens with zero attached hydrogens (tertiary/aromatic N) is 1. The second-order valence-corrected chi connectivity index (χ2v) is 4.03. The van der Waals surface area contributed by atoms with Crippen LogP contribution in [0.4, 0.5) is 11.6 Å². The van der Waals surface area contributed by atoms with Gasteiger partial charge in [-0.05, 0) is 24.1 Å². The number of nitrogen functional groups attached to an aromatic ring is 1. The van der Waals surface area contributed by atoms with Crippen LogP contribution in [0.1, 0.15) is 24.8 Å². The van der Waals surface area contributed by atoms with Gasteiger partial charge in [-0.2, -0.15) is 0 Å². The standard InChI is InChI=1S/C11H12N4O/c1-2-5-6-3-8-9(15-11(12)14-8)4-7(6)13-10(5)16/h3-5H,2H2,1H3,(H,13,16)(H3,12,14,15). The summed E-state index contributed by atoms with van der Waals surface area (Å²) in [5.41, 5.74) is 9.15. The normalized spacial score (nSPS) is 18.8. The first-order chi connectivity index (χ1) is 7.69. The predicted molar refractivity (Wildman–Crippen MR) is 62.2 cm³/mol. The van der Waals surface area contributed by atoms with E-state index in [4.69, 9.17) is 5.73 Å². The number of nitrogens with one attached hydrogen (secondary N) is 2. The van der Waals surface area contributed by atoms with E-state index in [1.807, 2.05) is 19.1 Å². The van der Waals surface area contributed by atoms with E-state index in [1.54, 1.807) is 0 Å². The van der Waals surface area contributed by atoms with E-state index in [9.17, 15) is 4.79 Å². The van der Waals surface area contributed by atoms with Gasteiger partial charge >= 0.3 is 0 Å². The average molecular weight is 216 g/mol. The molecule has 1 amide bonds. The summed E-state index contributed by atoms with van der Waals surface area (Å²) in [5, 5.41) is 2.87. The minimum absolute atomic E-state index is 0.0519. The van der Waals surface area contributed by atoms with E-state index in [2.05, 4.69) is 15.3 Å². The number of carbonyl (C=O) groups excluding carboxylic acids is 1. The zero-order valence-electron chi connectivity index (χ0n) is 8.87. The van der Waals surface area contributed by atoms with Crippen LogP contribution in [0.5, 0.6) is 0 Å². The molecule has 0 aliphatic carbocycles. The van der Waals surface area contributed by atoms with E-state index in [1.165, 1.54) is 0 Å². The number of rotatable bonds is 1. The highest BCUT2D eigenvalue weighted by molar-refractivity contribution is 6.05. The first kappa shape index (κ1) is 9.21. The third-order valence-corrected chi connectivity index (χ3v) is 3.03. The van der Waals surface area contributed by atoms with Crippen molar-refractivity contribution < 1.29 is 4.79 Å². The molecule has 0 radical (unpaired) electrons. The largest absolute Gasteiger partial charge is 0.369 e. The average Bonchev–Trinajstić information content (AvgIpc) is 2.71. The lowest BCUT2D eigenvalue weighted by atomic mass is 9.98. The van der Waals surface area contributed by atoms with Crippen LogP contribution in [0, 0.1) is 0 Å². The number of H-pyrrole nitrogens is 1. The van der Waals surface area contributed by atoms with Crippen LogP contribution in [0.25, 0.3) is 11.0 Å². The lowest BCUT2D eigenvalue weighted by Crippen LogP contribution is -2.10. The second kappa shape index (κ2) is 2.98. The molecule has 5 nitrogen and oxygen atoms in total. The fourth-order valence-corrected chi connectivity index (χ4v) is 2.26. The van der Waals surface area contributed by atoms with Crippen molar-refractivity contribution in [1.29, 1.82) is 0 Å². The van der Waals surface area contributed by atoms with Crippen molar-refractivity contribution in [3.05, 3.63) is 17.7 Å². The fourth-order valence-electron chi connectivity index (χ4n) is 2.26. The minimum Gasteiger partial charge on any atom is -0.369 e. The van der Waals surface area contributed by atoms with Crippen LogP contribution < -0.4 is 11.1 Å². The summed E-state index contributed by atoms with van der Waals surface area (Å²) in [6.45, 7) is 2.00. The lowest BCUT2D eigenvalue weighted by molar-refractivity contribution is -0.117. The van der Waals surface area contributed by atoms with Crippen LogP contribution in [0.2, 0.25) is 0 Å². The number of hydrogen-bond donors (Lipinski definition) is 3. The third-order valence-electron chi connectivity index (χ3n) is 3.03. The number of amides is 1. The van der Waals surface area contributed by atoms with E-state index in [0.29, 0.717) is 5.95 Å². The molecule has 1 aliphatic rings. The Labute approximate surface area is 92.0 Å². The van der Waals surface area contributed by atoms with Gasteiger partial charge in [-0.3, -0.25) is 4.79 Å². The summed E-state index contributed by atoms with van der Waals surface area (Å²) in [5.74, 6) is 0.417. The molecule has 1 aromatic heterocycles. The fraction of sp³-hybridized carbons (Fsp3) is 0.273. The number of aromatic nitrogens is 2. The Hall–Kier alpha value is -2.04. The van der Waals surface area contributed by atoms with E-state index < -0.39 is 0 Å². The van der Waals surface area contributed by atoms with Crippen molar-refractivity contribution in [3.8, 4) is 0 Å². The molecule has 5 heteroatoms. The Bertz CT molecular complexity index is 587. The van der Waals surface area contributed by atoms with Gasteiger partial charge in [-0.25, -0.2) is 4.98 Å². The van der Waals surface area contributed by atoms with Gasteiger partial charge in [-0.15, -0.1) is 0 Å². The van der Waals surface area contributed by atoms with Gasteiger partial charge in [0.2, 0.25) is 5.91 Å². The number of hydrogen-bond acceptors (Lipinski definition) is 3. The molecule has 1 atom stereocenters. The first-order valence-corrected chi connectivity index (χ1v) is 5.29. The third kappa shape index (κ3) is 1.11. The Morgan fingerprint density at radius 2 is 2.31 bits per heavy atom. The molecular formula is C11H12N4O. The van der Waals surface area contributed by atoms with Gasteiger partial charge < -0.3 is 16.0 Å². The number of benzene rings is 1. The number of carbonyl (C=O) groups is 1. The second-order valence-electron chi connectivity index (χ2n) is 4.03. The van der Waals surface area contributed by atoms with Crippen molar-refractivity contribution in [3.63, 3.8) is 0 Å². The van der Waals surface area contributed by atoms with Gasteiger partial charge in [0.15, 0.2) is 5.95 Å². The molecule has 3 rings (SSSR count). The highest BCUT2D eigenvalue weighted by atomic mass is 16.2. The highest BCUT2D eigenvalue weighted by Crippen LogP contribution is 2.36. The monoisotopic (exact) mass is 216 g/mol. The zero-order chi connectivity index (χ0) is 11.3. The van der Waals surface area contributed by atoms with E-state index in [0.717, 1.165) is 28.7 Å². The summed E-state index contributed by atoms with van der Waals surface area (Å²) in [7, 11) is 0. The van der Waals surface area contributed by atoms with Gasteiger partial charge in [0.05, 0.1) is 17.0 Å². The highest BCUT2D eigenvalue weighted by Gasteiger charge is 2.29. The Morgan fingerprint density at radius 1 is 1.50 bits per heavy atom. The van der Waals surface area contributed by atoms with Crippen LogP contribution in [-0.2, 0) is 4.79 Å². The molecule has 1 unspecified atom stereocenters. The topological polar surface area (TPSA) is 83.8 Å². The summed E-state index contributed by atoms with van der Waals surface area (Å²) in [6, 6.07) is 3.82. The molecule has 0 saturated carbocycles. The molecule has 1 aromatic carbocycles. The number of fused-ring (bicyclic) bond motifs is 2. The van der Waals surface area contributed by atoms with Crippen LogP contribution in [0.15, 0.2) is 12.1 Å². The van der Waals surface area contributed by atoms with Crippen LogP contribution in [-0.4, -0.2) is 15.9 Å². The first-order valence-electron chi connectivity index (χ1n) is 5.29. The smallest absolute Gasteiger partial charge is 0.231 e. The van der Waals surface area contributed by atoms with E-state index >= 15 is 0 Å². The quantitative estimate of drug-likeness (QED) is 0.676. The molecule has 2 heterocycles. The summed E-state index contributed by atoms with van der Waals surface area (Å²) in [6.07, 6.45) is 0.800. The predicted octanol–water partition coefficient (Wildman–Crippen LogP) is 1.59. The van der Waals surface area contributed by atoms with Crippen molar-refractivity contribution in [2.24, 2.45) is 0 Å². The maximum absolute atomic E-state index is 11.7. The molecule has 2 aromatic rings. The molecular weight excluding hydrogens is 204 g/mol. The molecule has 0 spiro atoms. The Kier molecular flexibility index (Phi) is 1.71. The number of aromatic amines is 1. The zero-order valence-corrected chi connectivity index (χ0v) is 8.87. The van der Waals surface area contributed by atoms with Gasteiger partial charge in [0, 0.05) is 5.69 Å². The number of anilines is 2. The molecule has 4 N–H and O–H groups in total. The maximum atomic E-state index is 11.7. The van der Waals surface area contributed by atoms with Gasteiger partial charge in [0.1, 0.15) is 0 Å². The molecule has 1 aliphatic heterocycles. The van der Waals surface area contributed by atoms with Crippen LogP contribution >= 0.6 is 0 Å². The number of imidazole rings is 1. The summed E-state index contributed by atoms with van der Waals surface area (Å²) < 4.78 is 0. The van der Waals surface area contributed by atoms with Crippen molar-refractivity contribution in [2.45, 2.75) is 19.3 Å². The molecule has 0 fully saturated rings. The van der Waals surface area contributed by atoms with Crippen molar-refractivity contribution in [1.82, 2.24) is 9.97 Å². The molecule has 82 valence electrons. The Morgan fingerprint density at radius 3 is 3.06 bits per heavy atom. The Balaban J connectivity index is 2.24. The summed E-state index contributed by atoms with van der Waals surface area (Å²) in [4.78, 5) is 18.8. The minimum atomic E-state index is -0.0519. The molecule has 0 bridgehead atoms.